The lowest BCUT2D eigenvalue weighted by molar-refractivity contribution is 0.160. The predicted molar refractivity (Wildman–Crippen MR) is 53.2 cm³/mol. The third-order valence-corrected chi connectivity index (χ3v) is 2.05. The molecule has 1 aromatic heterocycles. The van der Waals surface area contributed by atoms with Gasteiger partial charge in [0.1, 0.15) is 5.82 Å². The van der Waals surface area contributed by atoms with Crippen molar-refractivity contribution in [3.8, 4) is 0 Å². The zero-order valence-corrected chi connectivity index (χ0v) is 7.99. The molecule has 1 aromatic rings. The molecule has 14 heavy (non-hydrogen) atoms. The van der Waals surface area contributed by atoms with E-state index in [1.165, 1.54) is 12.3 Å². The topological polar surface area (TPSA) is 33.1 Å². The van der Waals surface area contributed by atoms with Crippen LogP contribution in [0.25, 0.3) is 0 Å². The minimum atomic E-state index is -0.738. The number of rotatable bonds is 5. The number of pyridine rings is 1. The predicted octanol–water partition coefficient (Wildman–Crippen LogP) is 2.61. The summed E-state index contributed by atoms with van der Waals surface area (Å²) in [5.41, 5.74) is 0.323. The van der Waals surface area contributed by atoms with Gasteiger partial charge in [0, 0.05) is 11.8 Å². The molecule has 0 aromatic carbocycles. The van der Waals surface area contributed by atoms with Gasteiger partial charge < -0.3 is 5.11 Å². The lowest BCUT2D eigenvalue weighted by Gasteiger charge is -2.10. The SMILES string of the molecule is C=CCCCC(O)c1ccncc1F. The van der Waals surface area contributed by atoms with Crippen molar-refractivity contribution < 1.29 is 9.50 Å². The highest BCUT2D eigenvalue weighted by atomic mass is 19.1. The molecule has 76 valence electrons. The molecular formula is C11H14FNO. The molecule has 0 radical (unpaired) electrons. The van der Waals surface area contributed by atoms with Crippen molar-refractivity contribution in [3.63, 3.8) is 0 Å². The van der Waals surface area contributed by atoms with Gasteiger partial charge in [0.15, 0.2) is 0 Å². The number of halogens is 1. The fourth-order valence-corrected chi connectivity index (χ4v) is 1.27. The molecule has 0 saturated heterocycles. The van der Waals surface area contributed by atoms with E-state index in [0.717, 1.165) is 19.0 Å². The van der Waals surface area contributed by atoms with Gasteiger partial charge in [-0.25, -0.2) is 4.39 Å². The van der Waals surface area contributed by atoms with Gasteiger partial charge in [0.2, 0.25) is 0 Å². The zero-order valence-electron chi connectivity index (χ0n) is 7.99. The van der Waals surface area contributed by atoms with Gasteiger partial charge in [-0.05, 0) is 25.3 Å². The van der Waals surface area contributed by atoms with Crippen LogP contribution in [0.1, 0.15) is 30.9 Å². The van der Waals surface area contributed by atoms with E-state index in [4.69, 9.17) is 0 Å². The Kier molecular flexibility index (Phi) is 4.26. The molecule has 0 bridgehead atoms. The Hall–Kier alpha value is -1.22. The molecule has 0 aliphatic heterocycles. The summed E-state index contributed by atoms with van der Waals surface area (Å²) in [5, 5.41) is 9.63. The molecule has 0 spiro atoms. The first-order valence-corrected chi connectivity index (χ1v) is 4.64. The van der Waals surface area contributed by atoms with Gasteiger partial charge in [-0.3, -0.25) is 4.98 Å². The van der Waals surface area contributed by atoms with E-state index in [9.17, 15) is 9.50 Å². The lowest BCUT2D eigenvalue weighted by Crippen LogP contribution is -2.00. The van der Waals surface area contributed by atoms with E-state index in [1.807, 2.05) is 0 Å². The normalized spacial score (nSPS) is 12.4. The van der Waals surface area contributed by atoms with Crippen LogP contribution in [0.15, 0.2) is 31.1 Å². The number of aliphatic hydroxyl groups is 1. The van der Waals surface area contributed by atoms with Crippen LogP contribution in [0.2, 0.25) is 0 Å². The monoisotopic (exact) mass is 195 g/mol. The maximum Gasteiger partial charge on any atom is 0.147 e. The highest BCUT2D eigenvalue weighted by molar-refractivity contribution is 5.15. The first kappa shape index (κ1) is 10.9. The molecule has 0 amide bonds. The van der Waals surface area contributed by atoms with Crippen molar-refractivity contribution in [2.75, 3.05) is 0 Å². The minimum absolute atomic E-state index is 0.323. The summed E-state index contributed by atoms with van der Waals surface area (Å²) in [6, 6.07) is 1.51. The summed E-state index contributed by atoms with van der Waals surface area (Å²) < 4.78 is 13.1. The maximum atomic E-state index is 13.1. The second kappa shape index (κ2) is 5.50. The van der Waals surface area contributed by atoms with Crippen molar-refractivity contribution >= 4 is 0 Å². The number of unbranched alkanes of at least 4 members (excludes halogenated alkanes) is 1. The standard InChI is InChI=1S/C11H14FNO/c1-2-3-4-5-11(14)9-6-7-13-8-10(9)12/h2,6-8,11,14H,1,3-5H2. The van der Waals surface area contributed by atoms with Crippen LogP contribution < -0.4 is 0 Å². The van der Waals surface area contributed by atoms with Crippen LogP contribution in [0.5, 0.6) is 0 Å². The van der Waals surface area contributed by atoms with E-state index in [1.54, 1.807) is 6.08 Å². The van der Waals surface area contributed by atoms with Crippen molar-refractivity contribution in [2.45, 2.75) is 25.4 Å². The average molecular weight is 195 g/mol. The maximum absolute atomic E-state index is 13.1. The van der Waals surface area contributed by atoms with Gasteiger partial charge in [0.25, 0.3) is 0 Å². The van der Waals surface area contributed by atoms with E-state index < -0.39 is 11.9 Å². The van der Waals surface area contributed by atoms with E-state index in [2.05, 4.69) is 11.6 Å². The lowest BCUT2D eigenvalue weighted by atomic mass is 10.0. The van der Waals surface area contributed by atoms with Crippen LogP contribution in [0.4, 0.5) is 4.39 Å². The molecule has 1 atom stereocenters. The molecule has 2 nitrogen and oxygen atoms in total. The first-order chi connectivity index (χ1) is 6.75. The average Bonchev–Trinajstić information content (AvgIpc) is 2.18. The van der Waals surface area contributed by atoms with Gasteiger partial charge in [-0.2, -0.15) is 0 Å². The largest absolute Gasteiger partial charge is 0.388 e. The van der Waals surface area contributed by atoms with E-state index >= 15 is 0 Å². The first-order valence-electron chi connectivity index (χ1n) is 4.64. The molecule has 0 saturated carbocycles. The van der Waals surface area contributed by atoms with Crippen molar-refractivity contribution in [1.82, 2.24) is 4.98 Å². The van der Waals surface area contributed by atoms with Crippen molar-refractivity contribution in [3.05, 3.63) is 42.5 Å². The van der Waals surface area contributed by atoms with Crippen LogP contribution >= 0.6 is 0 Å². The highest BCUT2D eigenvalue weighted by Crippen LogP contribution is 2.20. The molecule has 1 heterocycles. The Balaban J connectivity index is 2.55. The van der Waals surface area contributed by atoms with Gasteiger partial charge in [0.05, 0.1) is 12.3 Å². The molecule has 1 N–H and O–H groups in total. The summed E-state index contributed by atoms with van der Waals surface area (Å²) >= 11 is 0. The van der Waals surface area contributed by atoms with E-state index in [0.29, 0.717) is 12.0 Å². The molecule has 3 heteroatoms. The number of aromatic nitrogens is 1. The molecule has 1 rings (SSSR count). The Morgan fingerprint density at radius 3 is 3.07 bits per heavy atom. The number of hydrogen-bond acceptors (Lipinski definition) is 2. The Morgan fingerprint density at radius 2 is 2.43 bits per heavy atom. The van der Waals surface area contributed by atoms with Crippen LogP contribution in [0, 0.1) is 5.82 Å². The number of aliphatic hydroxyl groups excluding tert-OH is 1. The fraction of sp³-hybridized carbons (Fsp3) is 0.364. The van der Waals surface area contributed by atoms with E-state index in [-0.39, 0.29) is 0 Å². The zero-order chi connectivity index (χ0) is 10.4. The van der Waals surface area contributed by atoms with Gasteiger partial charge >= 0.3 is 0 Å². The summed E-state index contributed by atoms with van der Waals surface area (Å²) in [4.78, 5) is 3.62. The number of allylic oxidation sites excluding steroid dienone is 1. The summed E-state index contributed by atoms with van der Waals surface area (Å²) in [6.07, 6.45) is 5.85. The quantitative estimate of drug-likeness (QED) is 0.578. The van der Waals surface area contributed by atoms with Gasteiger partial charge in [-0.1, -0.05) is 6.08 Å². The third-order valence-electron chi connectivity index (χ3n) is 2.05. The second-order valence-corrected chi connectivity index (χ2v) is 3.13. The highest BCUT2D eigenvalue weighted by Gasteiger charge is 2.11. The molecular weight excluding hydrogens is 181 g/mol. The molecule has 1 unspecified atom stereocenters. The Morgan fingerprint density at radius 1 is 1.64 bits per heavy atom. The van der Waals surface area contributed by atoms with Crippen LogP contribution in [-0.2, 0) is 0 Å². The van der Waals surface area contributed by atoms with Gasteiger partial charge in [-0.15, -0.1) is 6.58 Å². The smallest absolute Gasteiger partial charge is 0.147 e. The van der Waals surface area contributed by atoms with Crippen LogP contribution in [0.3, 0.4) is 0 Å². The molecule has 0 fully saturated rings. The summed E-state index contributed by atoms with van der Waals surface area (Å²) in [7, 11) is 0. The Labute approximate surface area is 83.1 Å². The molecule has 0 aliphatic carbocycles. The number of hydrogen-bond donors (Lipinski definition) is 1. The number of nitrogens with zero attached hydrogens (tertiary/aromatic N) is 1. The summed E-state index contributed by atoms with van der Waals surface area (Å²) in [5.74, 6) is -0.446. The van der Waals surface area contributed by atoms with Crippen molar-refractivity contribution in [1.29, 1.82) is 0 Å². The fourth-order valence-electron chi connectivity index (χ4n) is 1.27. The van der Waals surface area contributed by atoms with Crippen LogP contribution in [-0.4, -0.2) is 10.1 Å². The molecule has 0 aliphatic rings. The minimum Gasteiger partial charge on any atom is -0.388 e. The van der Waals surface area contributed by atoms with Crippen molar-refractivity contribution in [2.24, 2.45) is 0 Å². The third kappa shape index (κ3) is 2.92. The summed E-state index contributed by atoms with van der Waals surface area (Å²) in [6.45, 7) is 3.58. The second-order valence-electron chi connectivity index (χ2n) is 3.13. The Bertz CT molecular complexity index is 301.